The van der Waals surface area contributed by atoms with E-state index in [2.05, 4.69) is 28.0 Å². The largest absolute Gasteiger partial charge is 0.347 e. The zero-order valence-electron chi connectivity index (χ0n) is 18.1. The Labute approximate surface area is 183 Å². The molecule has 1 saturated heterocycles. The van der Waals surface area contributed by atoms with Crippen LogP contribution in [0.1, 0.15) is 35.7 Å². The Morgan fingerprint density at radius 1 is 1.23 bits per heavy atom. The minimum atomic E-state index is 0.353. The Balaban J connectivity index is 1.65. The van der Waals surface area contributed by atoms with Crippen molar-refractivity contribution in [3.05, 3.63) is 58.6 Å². The highest BCUT2D eigenvalue weighted by molar-refractivity contribution is 6.30. The number of halogens is 1. The average molecular weight is 425 g/mol. The van der Waals surface area contributed by atoms with Crippen molar-refractivity contribution in [1.29, 1.82) is 0 Å². The molecule has 1 aromatic carbocycles. The van der Waals surface area contributed by atoms with E-state index in [9.17, 15) is 0 Å². The summed E-state index contributed by atoms with van der Waals surface area (Å²) in [5.74, 6) is 1.10. The third-order valence-electron chi connectivity index (χ3n) is 5.96. The fourth-order valence-corrected chi connectivity index (χ4v) is 4.34. The van der Waals surface area contributed by atoms with Gasteiger partial charge in [0.2, 0.25) is 5.95 Å². The van der Waals surface area contributed by atoms with Gasteiger partial charge in [-0.1, -0.05) is 23.7 Å². The molecule has 1 aliphatic heterocycles. The number of anilines is 1. The Kier molecular flexibility index (Phi) is 6.06. The zero-order valence-corrected chi connectivity index (χ0v) is 18.9. The van der Waals surface area contributed by atoms with Gasteiger partial charge in [-0.05, 0) is 44.0 Å². The highest BCUT2D eigenvalue weighted by atomic mass is 35.5. The van der Waals surface area contributed by atoms with Crippen LogP contribution in [-0.2, 0) is 13.6 Å². The van der Waals surface area contributed by atoms with Crippen LogP contribution in [0.4, 0.5) is 5.95 Å². The number of rotatable bonds is 5. The number of hydrogen-bond donors (Lipinski definition) is 0. The molecule has 0 amide bonds. The van der Waals surface area contributed by atoms with Crippen LogP contribution in [0.5, 0.6) is 0 Å². The van der Waals surface area contributed by atoms with Crippen molar-refractivity contribution in [2.24, 2.45) is 7.05 Å². The smallest absolute Gasteiger partial charge is 0.225 e. The van der Waals surface area contributed by atoms with E-state index in [1.807, 2.05) is 61.3 Å². The van der Waals surface area contributed by atoms with Crippen molar-refractivity contribution in [3.63, 3.8) is 0 Å². The predicted molar refractivity (Wildman–Crippen MR) is 122 cm³/mol. The Hall–Kier alpha value is -2.44. The van der Waals surface area contributed by atoms with Crippen molar-refractivity contribution in [2.45, 2.75) is 32.2 Å². The molecule has 0 unspecified atom stereocenters. The SMILES string of the molecule is Cc1c(CN2CCC[C@H](c3nc(N(C)C)ncc3-c3cccc(Cl)c3)C2)cnn1C. The molecule has 0 bridgehead atoms. The number of hydrogen-bond acceptors (Lipinski definition) is 5. The van der Waals surface area contributed by atoms with Crippen LogP contribution in [0.15, 0.2) is 36.7 Å². The summed E-state index contributed by atoms with van der Waals surface area (Å²) in [7, 11) is 5.96. The van der Waals surface area contributed by atoms with Crippen LogP contribution in [0.3, 0.4) is 0 Å². The van der Waals surface area contributed by atoms with Crippen molar-refractivity contribution < 1.29 is 0 Å². The first-order chi connectivity index (χ1) is 14.4. The number of aromatic nitrogens is 4. The molecule has 3 heterocycles. The van der Waals surface area contributed by atoms with Gasteiger partial charge in [0, 0.05) is 68.2 Å². The number of benzene rings is 1. The van der Waals surface area contributed by atoms with Crippen LogP contribution in [-0.4, -0.2) is 51.8 Å². The second kappa shape index (κ2) is 8.74. The van der Waals surface area contributed by atoms with E-state index in [4.69, 9.17) is 16.6 Å². The summed E-state index contributed by atoms with van der Waals surface area (Å²) >= 11 is 6.28. The lowest BCUT2D eigenvalue weighted by atomic mass is 9.89. The van der Waals surface area contributed by atoms with Gasteiger partial charge >= 0.3 is 0 Å². The van der Waals surface area contributed by atoms with Gasteiger partial charge in [-0.15, -0.1) is 0 Å². The third kappa shape index (κ3) is 4.35. The molecule has 2 aromatic heterocycles. The summed E-state index contributed by atoms with van der Waals surface area (Å²) in [6.45, 7) is 5.14. The topological polar surface area (TPSA) is 50.1 Å². The average Bonchev–Trinajstić information content (AvgIpc) is 3.05. The summed E-state index contributed by atoms with van der Waals surface area (Å²) in [6, 6.07) is 7.97. The van der Waals surface area contributed by atoms with Crippen molar-refractivity contribution in [1.82, 2.24) is 24.6 Å². The van der Waals surface area contributed by atoms with Crippen LogP contribution < -0.4 is 4.90 Å². The molecule has 7 heteroatoms. The van der Waals surface area contributed by atoms with E-state index < -0.39 is 0 Å². The third-order valence-corrected chi connectivity index (χ3v) is 6.20. The maximum atomic E-state index is 6.28. The molecular formula is C23H29ClN6. The predicted octanol–water partition coefficient (Wildman–Crippen LogP) is 4.28. The molecule has 30 heavy (non-hydrogen) atoms. The lowest BCUT2D eigenvalue weighted by molar-refractivity contribution is 0.198. The van der Waals surface area contributed by atoms with Crippen LogP contribution >= 0.6 is 11.6 Å². The highest BCUT2D eigenvalue weighted by Gasteiger charge is 2.26. The summed E-state index contributed by atoms with van der Waals surface area (Å²) < 4.78 is 1.95. The van der Waals surface area contributed by atoms with E-state index in [-0.39, 0.29) is 0 Å². The number of likely N-dealkylation sites (tertiary alicyclic amines) is 1. The Morgan fingerprint density at radius 2 is 2.07 bits per heavy atom. The molecule has 0 aliphatic carbocycles. The van der Waals surface area contributed by atoms with Gasteiger partial charge < -0.3 is 4.90 Å². The van der Waals surface area contributed by atoms with E-state index in [1.54, 1.807) is 0 Å². The molecule has 1 atom stereocenters. The molecule has 1 aliphatic rings. The molecule has 0 N–H and O–H groups in total. The van der Waals surface area contributed by atoms with E-state index >= 15 is 0 Å². The summed E-state index contributed by atoms with van der Waals surface area (Å²) in [5, 5.41) is 5.13. The normalized spacial score (nSPS) is 17.3. The summed E-state index contributed by atoms with van der Waals surface area (Å²) in [5.41, 5.74) is 5.79. The second-order valence-corrected chi connectivity index (χ2v) is 8.76. The number of aryl methyl sites for hydroxylation is 1. The minimum absolute atomic E-state index is 0.353. The number of nitrogens with zero attached hydrogens (tertiary/aromatic N) is 6. The first kappa shape index (κ1) is 20.8. The van der Waals surface area contributed by atoms with Crippen molar-refractivity contribution >= 4 is 17.5 Å². The molecule has 3 aromatic rings. The lowest BCUT2D eigenvalue weighted by Crippen LogP contribution is -2.34. The van der Waals surface area contributed by atoms with Gasteiger partial charge in [0.15, 0.2) is 0 Å². The lowest BCUT2D eigenvalue weighted by Gasteiger charge is -2.33. The summed E-state index contributed by atoms with van der Waals surface area (Å²) in [4.78, 5) is 14.1. The van der Waals surface area contributed by atoms with Crippen molar-refractivity contribution in [3.8, 4) is 11.1 Å². The van der Waals surface area contributed by atoms with Crippen LogP contribution in [0, 0.1) is 6.92 Å². The quantitative estimate of drug-likeness (QED) is 0.611. The zero-order chi connectivity index (χ0) is 21.3. The molecule has 158 valence electrons. The first-order valence-corrected chi connectivity index (χ1v) is 10.8. The Bertz CT molecular complexity index is 1030. The first-order valence-electron chi connectivity index (χ1n) is 10.4. The standard InChI is InChI=1S/C23H29ClN6/c1-16-19(12-26-29(16)4)15-30-10-6-8-18(14-30)22-21(13-25-23(27-22)28(2)3)17-7-5-9-20(24)11-17/h5,7,9,11-13,18H,6,8,10,14-15H2,1-4H3/t18-/m0/s1. The molecule has 4 rings (SSSR count). The fraction of sp³-hybridized carbons (Fsp3) is 0.435. The monoisotopic (exact) mass is 424 g/mol. The second-order valence-electron chi connectivity index (χ2n) is 8.33. The van der Waals surface area contributed by atoms with Gasteiger partial charge in [-0.2, -0.15) is 5.10 Å². The van der Waals surface area contributed by atoms with Gasteiger partial charge in [-0.25, -0.2) is 9.97 Å². The van der Waals surface area contributed by atoms with E-state index in [0.29, 0.717) is 5.92 Å². The van der Waals surface area contributed by atoms with Crippen LogP contribution in [0.25, 0.3) is 11.1 Å². The Morgan fingerprint density at radius 3 is 2.77 bits per heavy atom. The van der Waals surface area contributed by atoms with Gasteiger partial charge in [-0.3, -0.25) is 9.58 Å². The van der Waals surface area contributed by atoms with Gasteiger partial charge in [0.1, 0.15) is 0 Å². The molecule has 0 radical (unpaired) electrons. The molecule has 1 fully saturated rings. The highest BCUT2D eigenvalue weighted by Crippen LogP contribution is 2.35. The number of piperidine rings is 1. The maximum absolute atomic E-state index is 6.28. The van der Waals surface area contributed by atoms with Gasteiger partial charge in [0.25, 0.3) is 0 Å². The molecule has 6 nitrogen and oxygen atoms in total. The molecular weight excluding hydrogens is 396 g/mol. The van der Waals surface area contributed by atoms with E-state index in [1.165, 1.54) is 11.3 Å². The van der Waals surface area contributed by atoms with E-state index in [0.717, 1.165) is 60.3 Å². The summed E-state index contributed by atoms with van der Waals surface area (Å²) in [6.07, 6.45) is 6.22. The fourth-order valence-electron chi connectivity index (χ4n) is 4.15. The van der Waals surface area contributed by atoms with Crippen molar-refractivity contribution in [2.75, 3.05) is 32.1 Å². The molecule has 0 spiro atoms. The van der Waals surface area contributed by atoms with Crippen LogP contribution in [0.2, 0.25) is 5.02 Å². The minimum Gasteiger partial charge on any atom is -0.347 e. The maximum Gasteiger partial charge on any atom is 0.225 e. The van der Waals surface area contributed by atoms with Gasteiger partial charge in [0.05, 0.1) is 11.9 Å². The molecule has 0 saturated carbocycles.